The molecule has 0 saturated heterocycles. The Kier molecular flexibility index (Phi) is 4.33. The van der Waals surface area contributed by atoms with Crippen LogP contribution in [0.5, 0.6) is 5.75 Å². The maximum Gasteiger partial charge on any atom is 0.119 e. The molecule has 0 aliphatic rings. The first kappa shape index (κ1) is 15.2. The minimum atomic E-state index is 0.497. The summed E-state index contributed by atoms with van der Waals surface area (Å²) in [5.74, 6) is 1.36. The molecule has 0 aliphatic carbocycles. The van der Waals surface area contributed by atoms with Crippen LogP contribution in [0.3, 0.4) is 0 Å². The molecule has 0 saturated carbocycles. The average Bonchev–Trinajstić information content (AvgIpc) is 3.03. The van der Waals surface area contributed by atoms with E-state index in [9.17, 15) is 0 Å². The van der Waals surface area contributed by atoms with E-state index in [-0.39, 0.29) is 0 Å². The zero-order valence-electron chi connectivity index (χ0n) is 13.4. The number of nitrogen functional groups attached to an aromatic ring is 1. The molecule has 3 rings (SSSR count). The van der Waals surface area contributed by atoms with Crippen LogP contribution in [0.1, 0.15) is 13.8 Å². The van der Waals surface area contributed by atoms with Crippen LogP contribution in [0.15, 0.2) is 54.6 Å². The van der Waals surface area contributed by atoms with Gasteiger partial charge < -0.3 is 10.5 Å². The van der Waals surface area contributed by atoms with Crippen LogP contribution in [0.4, 0.5) is 5.69 Å². The Morgan fingerprint density at radius 2 is 1.91 bits per heavy atom. The lowest BCUT2D eigenvalue weighted by molar-refractivity contribution is 0.271. The number of aromatic amines is 1. The molecule has 3 N–H and O–H groups in total. The highest BCUT2D eigenvalue weighted by molar-refractivity contribution is 5.76. The second kappa shape index (κ2) is 6.57. The number of anilines is 1. The first-order valence-electron chi connectivity index (χ1n) is 7.77. The van der Waals surface area contributed by atoms with E-state index >= 15 is 0 Å². The molecule has 0 spiro atoms. The summed E-state index contributed by atoms with van der Waals surface area (Å²) in [7, 11) is 0. The molecule has 0 unspecified atom stereocenters. The summed E-state index contributed by atoms with van der Waals surface area (Å²) in [6.07, 6.45) is 0. The van der Waals surface area contributed by atoms with Crippen molar-refractivity contribution >= 4 is 5.69 Å². The van der Waals surface area contributed by atoms with E-state index in [2.05, 4.69) is 24.0 Å². The van der Waals surface area contributed by atoms with Gasteiger partial charge in [0, 0.05) is 16.8 Å². The molecule has 3 aromatic rings. The number of nitrogens with two attached hydrogens (primary N) is 1. The summed E-state index contributed by atoms with van der Waals surface area (Å²) >= 11 is 0. The van der Waals surface area contributed by atoms with Gasteiger partial charge in [-0.2, -0.15) is 5.10 Å². The summed E-state index contributed by atoms with van der Waals surface area (Å²) in [6, 6.07) is 17.7. The SMILES string of the molecule is CC(C)COc1cccc(-c2cc(-c3ccccc3N)[nH]n2)c1. The van der Waals surface area contributed by atoms with Gasteiger partial charge in [-0.3, -0.25) is 5.10 Å². The van der Waals surface area contributed by atoms with Crippen LogP contribution >= 0.6 is 0 Å². The molecule has 0 aliphatic heterocycles. The normalized spacial score (nSPS) is 10.9. The Hall–Kier alpha value is -2.75. The van der Waals surface area contributed by atoms with Crippen molar-refractivity contribution in [2.45, 2.75) is 13.8 Å². The third-order valence-corrected chi connectivity index (χ3v) is 3.54. The molecule has 1 heterocycles. The van der Waals surface area contributed by atoms with Gasteiger partial charge in [-0.05, 0) is 30.2 Å². The van der Waals surface area contributed by atoms with Gasteiger partial charge in [0.05, 0.1) is 18.0 Å². The molecule has 0 radical (unpaired) electrons. The van der Waals surface area contributed by atoms with E-state index in [4.69, 9.17) is 10.5 Å². The third kappa shape index (κ3) is 3.54. The number of nitrogens with one attached hydrogen (secondary N) is 1. The fourth-order valence-corrected chi connectivity index (χ4v) is 2.36. The van der Waals surface area contributed by atoms with Crippen molar-refractivity contribution in [2.75, 3.05) is 12.3 Å². The minimum absolute atomic E-state index is 0.497. The predicted octanol–water partition coefficient (Wildman–Crippen LogP) is 4.36. The van der Waals surface area contributed by atoms with Crippen LogP contribution in [0, 0.1) is 5.92 Å². The first-order valence-corrected chi connectivity index (χ1v) is 7.77. The summed E-state index contributed by atoms with van der Waals surface area (Å²) in [6.45, 7) is 4.97. The highest BCUT2D eigenvalue weighted by atomic mass is 16.5. The van der Waals surface area contributed by atoms with Gasteiger partial charge in [0.25, 0.3) is 0 Å². The van der Waals surface area contributed by atoms with Crippen molar-refractivity contribution in [3.63, 3.8) is 0 Å². The highest BCUT2D eigenvalue weighted by Gasteiger charge is 2.09. The Bertz CT molecular complexity index is 793. The summed E-state index contributed by atoms with van der Waals surface area (Å²) < 4.78 is 5.78. The Morgan fingerprint density at radius 1 is 1.09 bits per heavy atom. The molecule has 23 heavy (non-hydrogen) atoms. The lowest BCUT2D eigenvalue weighted by Gasteiger charge is -2.09. The van der Waals surface area contributed by atoms with Crippen molar-refractivity contribution < 1.29 is 4.74 Å². The fourth-order valence-electron chi connectivity index (χ4n) is 2.36. The largest absolute Gasteiger partial charge is 0.493 e. The molecule has 4 nitrogen and oxygen atoms in total. The fraction of sp³-hybridized carbons (Fsp3) is 0.211. The monoisotopic (exact) mass is 307 g/mol. The van der Waals surface area contributed by atoms with E-state index in [1.807, 2.05) is 54.6 Å². The zero-order valence-corrected chi connectivity index (χ0v) is 13.4. The van der Waals surface area contributed by atoms with Crippen molar-refractivity contribution in [1.29, 1.82) is 0 Å². The van der Waals surface area contributed by atoms with Crippen molar-refractivity contribution in [3.8, 4) is 28.3 Å². The molecular formula is C19H21N3O. The number of hydrogen-bond donors (Lipinski definition) is 2. The summed E-state index contributed by atoms with van der Waals surface area (Å²) in [4.78, 5) is 0. The number of H-pyrrole nitrogens is 1. The van der Waals surface area contributed by atoms with Gasteiger partial charge in [-0.15, -0.1) is 0 Å². The molecule has 4 heteroatoms. The molecular weight excluding hydrogens is 286 g/mol. The number of rotatable bonds is 5. The van der Waals surface area contributed by atoms with Crippen LogP contribution in [0.2, 0.25) is 0 Å². The van der Waals surface area contributed by atoms with E-state index in [0.717, 1.165) is 34.0 Å². The predicted molar refractivity (Wildman–Crippen MR) is 94.2 cm³/mol. The number of nitrogens with zero attached hydrogens (tertiary/aromatic N) is 1. The van der Waals surface area contributed by atoms with Crippen LogP contribution < -0.4 is 10.5 Å². The number of ether oxygens (including phenoxy) is 1. The Labute approximate surface area is 136 Å². The van der Waals surface area contributed by atoms with Crippen LogP contribution in [0.25, 0.3) is 22.5 Å². The number of benzene rings is 2. The van der Waals surface area contributed by atoms with Crippen LogP contribution in [-0.2, 0) is 0 Å². The topological polar surface area (TPSA) is 63.9 Å². The van der Waals surface area contributed by atoms with Crippen molar-refractivity contribution in [2.24, 2.45) is 5.92 Å². The first-order chi connectivity index (χ1) is 11.1. The summed E-state index contributed by atoms with van der Waals surface area (Å²) in [5, 5.41) is 7.46. The Balaban J connectivity index is 1.86. The van der Waals surface area contributed by atoms with Crippen LogP contribution in [-0.4, -0.2) is 16.8 Å². The molecule has 0 atom stereocenters. The molecule has 118 valence electrons. The highest BCUT2D eigenvalue weighted by Crippen LogP contribution is 2.29. The second-order valence-electron chi connectivity index (χ2n) is 5.99. The van der Waals surface area contributed by atoms with Gasteiger partial charge >= 0.3 is 0 Å². The van der Waals surface area contributed by atoms with E-state index in [1.165, 1.54) is 0 Å². The number of aromatic nitrogens is 2. The molecule has 0 amide bonds. The summed E-state index contributed by atoms with van der Waals surface area (Å²) in [5.41, 5.74) is 10.5. The van der Waals surface area contributed by atoms with Crippen molar-refractivity contribution in [3.05, 3.63) is 54.6 Å². The lowest BCUT2D eigenvalue weighted by atomic mass is 10.1. The standard InChI is InChI=1S/C19H21N3O/c1-13(2)12-23-15-7-5-6-14(10-15)18-11-19(22-21-18)16-8-3-4-9-17(16)20/h3-11,13H,12,20H2,1-2H3,(H,21,22). The maximum atomic E-state index is 6.02. The van der Waals surface area contributed by atoms with Gasteiger partial charge in [-0.25, -0.2) is 0 Å². The van der Waals surface area contributed by atoms with E-state index in [0.29, 0.717) is 12.5 Å². The zero-order chi connectivity index (χ0) is 16.2. The number of hydrogen-bond acceptors (Lipinski definition) is 3. The van der Waals surface area contributed by atoms with Gasteiger partial charge in [0.15, 0.2) is 0 Å². The number of para-hydroxylation sites is 1. The van der Waals surface area contributed by atoms with Gasteiger partial charge in [0.1, 0.15) is 5.75 Å². The molecule has 0 fully saturated rings. The van der Waals surface area contributed by atoms with E-state index < -0.39 is 0 Å². The van der Waals surface area contributed by atoms with Crippen molar-refractivity contribution in [1.82, 2.24) is 10.2 Å². The van der Waals surface area contributed by atoms with E-state index in [1.54, 1.807) is 0 Å². The van der Waals surface area contributed by atoms with Gasteiger partial charge in [-0.1, -0.05) is 44.2 Å². The average molecular weight is 307 g/mol. The second-order valence-corrected chi connectivity index (χ2v) is 5.99. The lowest BCUT2D eigenvalue weighted by Crippen LogP contribution is -2.04. The molecule has 1 aromatic heterocycles. The smallest absolute Gasteiger partial charge is 0.119 e. The van der Waals surface area contributed by atoms with Gasteiger partial charge in [0.2, 0.25) is 0 Å². The quantitative estimate of drug-likeness (QED) is 0.688. The maximum absolute atomic E-state index is 6.02. The molecule has 2 aromatic carbocycles. The molecule has 0 bridgehead atoms. The Morgan fingerprint density at radius 3 is 2.70 bits per heavy atom. The minimum Gasteiger partial charge on any atom is -0.493 e. The third-order valence-electron chi connectivity index (χ3n) is 3.54.